The standard InChI is InChI=1S/C14H16BrClFN3O/c1-3-4-18-14(21)8(2)20-12-6-10(17)9(15)5-11(12)19-13(20)7-16/h5-6,8H,3-4,7H2,1-2H3,(H,18,21). The summed E-state index contributed by atoms with van der Waals surface area (Å²) < 4.78 is 15.8. The Hall–Kier alpha value is -1.14. The van der Waals surface area contributed by atoms with Crippen molar-refractivity contribution < 1.29 is 9.18 Å². The predicted molar refractivity (Wildman–Crippen MR) is 85.0 cm³/mol. The number of halogens is 3. The van der Waals surface area contributed by atoms with E-state index in [1.165, 1.54) is 6.07 Å². The van der Waals surface area contributed by atoms with Gasteiger partial charge < -0.3 is 9.88 Å². The summed E-state index contributed by atoms with van der Waals surface area (Å²) in [6.07, 6.45) is 0.854. The Kier molecular flexibility index (Phi) is 5.22. The average Bonchev–Trinajstić information content (AvgIpc) is 2.81. The van der Waals surface area contributed by atoms with Gasteiger partial charge in [-0.05, 0) is 35.3 Å². The maximum Gasteiger partial charge on any atom is 0.242 e. The normalized spacial score (nSPS) is 12.6. The van der Waals surface area contributed by atoms with Gasteiger partial charge in [0.15, 0.2) is 0 Å². The lowest BCUT2D eigenvalue weighted by Gasteiger charge is -2.16. The third-order valence-corrected chi connectivity index (χ3v) is 4.09. The Morgan fingerprint density at radius 3 is 2.90 bits per heavy atom. The van der Waals surface area contributed by atoms with Crippen molar-refractivity contribution in [3.63, 3.8) is 0 Å². The predicted octanol–water partition coefficient (Wildman–Crippen LogP) is 3.76. The first-order valence-electron chi connectivity index (χ1n) is 6.69. The highest BCUT2D eigenvalue weighted by atomic mass is 79.9. The molecular weight excluding hydrogens is 361 g/mol. The number of hydrogen-bond acceptors (Lipinski definition) is 2. The summed E-state index contributed by atoms with van der Waals surface area (Å²) in [5, 5.41) is 2.83. The third-order valence-electron chi connectivity index (χ3n) is 3.24. The molecule has 4 nitrogen and oxygen atoms in total. The lowest BCUT2D eigenvalue weighted by molar-refractivity contribution is -0.123. The fourth-order valence-corrected chi connectivity index (χ4v) is 2.70. The number of imidazole rings is 1. The van der Waals surface area contributed by atoms with Crippen molar-refractivity contribution in [3.8, 4) is 0 Å². The van der Waals surface area contributed by atoms with E-state index in [1.807, 2.05) is 6.92 Å². The van der Waals surface area contributed by atoms with E-state index in [1.54, 1.807) is 17.6 Å². The van der Waals surface area contributed by atoms with Gasteiger partial charge in [-0.25, -0.2) is 9.37 Å². The second-order valence-electron chi connectivity index (χ2n) is 4.75. The quantitative estimate of drug-likeness (QED) is 0.808. The van der Waals surface area contributed by atoms with Gasteiger partial charge in [-0.3, -0.25) is 4.79 Å². The summed E-state index contributed by atoms with van der Waals surface area (Å²) in [5.74, 6) is 0.166. The summed E-state index contributed by atoms with van der Waals surface area (Å²) >= 11 is 9.05. The van der Waals surface area contributed by atoms with Crippen LogP contribution < -0.4 is 5.32 Å². The number of nitrogens with one attached hydrogen (secondary N) is 1. The zero-order chi connectivity index (χ0) is 15.6. The molecule has 1 heterocycles. The topological polar surface area (TPSA) is 46.9 Å². The van der Waals surface area contributed by atoms with E-state index >= 15 is 0 Å². The number of fused-ring (bicyclic) bond motifs is 1. The van der Waals surface area contributed by atoms with E-state index in [0.29, 0.717) is 27.9 Å². The highest BCUT2D eigenvalue weighted by Crippen LogP contribution is 2.27. The Labute approximate surface area is 135 Å². The second-order valence-corrected chi connectivity index (χ2v) is 5.88. The van der Waals surface area contributed by atoms with Crippen molar-refractivity contribution in [2.75, 3.05) is 6.54 Å². The van der Waals surface area contributed by atoms with Crippen LogP contribution in [0.5, 0.6) is 0 Å². The van der Waals surface area contributed by atoms with Crippen molar-refractivity contribution >= 4 is 44.5 Å². The van der Waals surface area contributed by atoms with Crippen molar-refractivity contribution in [2.45, 2.75) is 32.2 Å². The molecule has 0 radical (unpaired) electrons. The molecule has 1 atom stereocenters. The first-order valence-corrected chi connectivity index (χ1v) is 8.01. The highest BCUT2D eigenvalue weighted by molar-refractivity contribution is 9.10. The molecule has 0 aliphatic carbocycles. The summed E-state index contributed by atoms with van der Waals surface area (Å²) in [4.78, 5) is 16.5. The SMILES string of the molecule is CCCNC(=O)C(C)n1c(CCl)nc2cc(Br)c(F)cc21. The van der Waals surface area contributed by atoms with Crippen LogP contribution in [0.3, 0.4) is 0 Å². The maximum atomic E-state index is 13.8. The molecule has 1 unspecified atom stereocenters. The molecule has 0 aliphatic rings. The van der Waals surface area contributed by atoms with Gasteiger partial charge in [-0.15, -0.1) is 11.6 Å². The Morgan fingerprint density at radius 2 is 2.29 bits per heavy atom. The lowest BCUT2D eigenvalue weighted by atomic mass is 10.2. The van der Waals surface area contributed by atoms with Crippen LogP contribution in [0.4, 0.5) is 4.39 Å². The maximum absolute atomic E-state index is 13.8. The molecule has 2 aromatic rings. The minimum Gasteiger partial charge on any atom is -0.354 e. The molecule has 0 spiro atoms. The molecule has 114 valence electrons. The van der Waals surface area contributed by atoms with Crippen LogP contribution in [-0.4, -0.2) is 22.0 Å². The van der Waals surface area contributed by atoms with E-state index in [-0.39, 0.29) is 11.8 Å². The molecule has 2 rings (SSSR count). The molecule has 7 heteroatoms. The smallest absolute Gasteiger partial charge is 0.242 e. The van der Waals surface area contributed by atoms with Crippen molar-refractivity contribution in [1.29, 1.82) is 0 Å². The van der Waals surface area contributed by atoms with Gasteiger partial charge >= 0.3 is 0 Å². The Bertz CT molecular complexity index is 674. The number of hydrogen-bond donors (Lipinski definition) is 1. The Balaban J connectivity index is 2.50. The van der Waals surface area contributed by atoms with Gasteiger partial charge in [0.05, 0.1) is 21.4 Å². The molecule has 1 aromatic heterocycles. The highest BCUT2D eigenvalue weighted by Gasteiger charge is 2.21. The van der Waals surface area contributed by atoms with Gasteiger partial charge in [0.2, 0.25) is 5.91 Å². The van der Waals surface area contributed by atoms with Crippen LogP contribution in [-0.2, 0) is 10.7 Å². The number of rotatable bonds is 5. The van der Waals surface area contributed by atoms with Gasteiger partial charge in [0.25, 0.3) is 0 Å². The molecule has 0 fully saturated rings. The van der Waals surface area contributed by atoms with Crippen LogP contribution in [0, 0.1) is 5.82 Å². The van der Waals surface area contributed by atoms with Gasteiger partial charge in [-0.2, -0.15) is 0 Å². The minimum atomic E-state index is -0.504. The van der Waals surface area contributed by atoms with Crippen molar-refractivity contribution in [2.24, 2.45) is 0 Å². The molecular formula is C14H16BrClFN3O. The molecule has 0 bridgehead atoms. The van der Waals surface area contributed by atoms with Gasteiger partial charge in [0.1, 0.15) is 17.7 Å². The number of nitrogens with zero attached hydrogens (tertiary/aromatic N) is 2. The fourth-order valence-electron chi connectivity index (χ4n) is 2.18. The molecule has 21 heavy (non-hydrogen) atoms. The largest absolute Gasteiger partial charge is 0.354 e. The van der Waals surface area contributed by atoms with E-state index in [2.05, 4.69) is 26.2 Å². The molecule has 0 aliphatic heterocycles. The fraction of sp³-hybridized carbons (Fsp3) is 0.429. The molecule has 0 saturated heterocycles. The summed E-state index contributed by atoms with van der Waals surface area (Å²) in [5.41, 5.74) is 1.17. The first-order chi connectivity index (χ1) is 9.99. The average molecular weight is 377 g/mol. The summed E-state index contributed by atoms with van der Waals surface area (Å²) in [6.45, 7) is 4.34. The van der Waals surface area contributed by atoms with Gasteiger partial charge in [-0.1, -0.05) is 6.92 Å². The minimum absolute atomic E-state index is 0.133. The monoisotopic (exact) mass is 375 g/mol. The van der Waals surface area contributed by atoms with E-state index in [0.717, 1.165) is 6.42 Å². The van der Waals surface area contributed by atoms with Crippen LogP contribution in [0.15, 0.2) is 16.6 Å². The van der Waals surface area contributed by atoms with E-state index in [9.17, 15) is 9.18 Å². The number of carbonyl (C=O) groups excluding carboxylic acids is 1. The van der Waals surface area contributed by atoms with Crippen molar-refractivity contribution in [3.05, 3.63) is 28.2 Å². The van der Waals surface area contributed by atoms with Crippen LogP contribution in [0.2, 0.25) is 0 Å². The van der Waals surface area contributed by atoms with Gasteiger partial charge in [0, 0.05) is 12.6 Å². The third kappa shape index (κ3) is 3.21. The number of benzene rings is 1. The zero-order valence-electron chi connectivity index (χ0n) is 11.8. The van der Waals surface area contributed by atoms with Crippen LogP contribution in [0.25, 0.3) is 11.0 Å². The van der Waals surface area contributed by atoms with E-state index in [4.69, 9.17) is 11.6 Å². The number of alkyl halides is 1. The first kappa shape index (κ1) is 16.2. The molecule has 0 saturated carbocycles. The zero-order valence-corrected chi connectivity index (χ0v) is 14.1. The number of aromatic nitrogens is 2. The van der Waals surface area contributed by atoms with Crippen LogP contribution in [0.1, 0.15) is 32.1 Å². The van der Waals surface area contributed by atoms with Crippen molar-refractivity contribution in [1.82, 2.24) is 14.9 Å². The molecule has 1 N–H and O–H groups in total. The number of amides is 1. The number of carbonyl (C=O) groups is 1. The van der Waals surface area contributed by atoms with Crippen LogP contribution >= 0.6 is 27.5 Å². The molecule has 1 amide bonds. The van der Waals surface area contributed by atoms with E-state index < -0.39 is 11.9 Å². The summed E-state index contributed by atoms with van der Waals surface area (Å²) in [7, 11) is 0. The summed E-state index contributed by atoms with van der Waals surface area (Å²) in [6, 6.07) is 2.45. The second kappa shape index (κ2) is 6.75. The lowest BCUT2D eigenvalue weighted by Crippen LogP contribution is -2.32. The molecule has 1 aromatic carbocycles. The Morgan fingerprint density at radius 1 is 1.57 bits per heavy atom.